The minimum atomic E-state index is -4.13. The zero-order valence-corrected chi connectivity index (χ0v) is 12.4. The molecular weight excluding hydrogens is 323 g/mol. The van der Waals surface area contributed by atoms with E-state index in [4.69, 9.17) is 4.74 Å². The van der Waals surface area contributed by atoms with Crippen LogP contribution in [0.25, 0.3) is 0 Å². The molecule has 0 amide bonds. The molecule has 0 aromatic heterocycles. The van der Waals surface area contributed by atoms with E-state index >= 15 is 0 Å². The quantitative estimate of drug-likeness (QED) is 0.826. The van der Waals surface area contributed by atoms with Crippen molar-refractivity contribution in [1.82, 2.24) is 5.32 Å². The molecule has 0 aliphatic carbocycles. The Morgan fingerprint density at radius 1 is 1.37 bits per heavy atom. The maximum Gasteiger partial charge on any atom is 0.389 e. The summed E-state index contributed by atoms with van der Waals surface area (Å²) in [7, 11) is 1.66. The number of ether oxygens (including phenoxy) is 1. The maximum absolute atomic E-state index is 12.3. The van der Waals surface area contributed by atoms with Crippen LogP contribution in [-0.4, -0.2) is 19.8 Å². The van der Waals surface area contributed by atoms with Gasteiger partial charge < -0.3 is 10.1 Å². The van der Waals surface area contributed by atoms with Gasteiger partial charge in [0.25, 0.3) is 0 Å². The van der Waals surface area contributed by atoms with Gasteiger partial charge in [0.15, 0.2) is 0 Å². The number of hydrogen-bond acceptors (Lipinski definition) is 2. The summed E-state index contributed by atoms with van der Waals surface area (Å²) in [6, 6.07) is 4.98. The average molecular weight is 340 g/mol. The Morgan fingerprint density at radius 3 is 2.53 bits per heavy atom. The van der Waals surface area contributed by atoms with Gasteiger partial charge in [-0.3, -0.25) is 0 Å². The van der Waals surface area contributed by atoms with Crippen molar-refractivity contribution in [3.63, 3.8) is 0 Å². The van der Waals surface area contributed by atoms with E-state index in [1.54, 1.807) is 25.2 Å². The molecule has 0 bridgehead atoms. The zero-order valence-electron chi connectivity index (χ0n) is 10.9. The molecular formula is C13H17BrF3NO. The normalized spacial score (nSPS) is 13.4. The molecule has 1 rings (SSSR count). The van der Waals surface area contributed by atoms with Crippen molar-refractivity contribution in [2.45, 2.75) is 32.0 Å². The van der Waals surface area contributed by atoms with Crippen molar-refractivity contribution in [3.8, 4) is 5.75 Å². The van der Waals surface area contributed by atoms with Gasteiger partial charge in [-0.05, 0) is 38.1 Å². The Hall–Kier alpha value is -0.750. The first kappa shape index (κ1) is 16.3. The maximum atomic E-state index is 12.3. The number of hydrogen-bond donors (Lipinski definition) is 1. The van der Waals surface area contributed by atoms with E-state index in [2.05, 4.69) is 21.2 Å². The Kier molecular flexibility index (Phi) is 6.13. The number of benzene rings is 1. The van der Waals surface area contributed by atoms with Crippen molar-refractivity contribution in [2.75, 3.05) is 13.7 Å². The number of rotatable bonds is 6. The minimum absolute atomic E-state index is 0.00653. The van der Waals surface area contributed by atoms with Crippen molar-refractivity contribution < 1.29 is 17.9 Å². The molecule has 1 N–H and O–H groups in total. The number of halogens is 4. The second kappa shape index (κ2) is 7.14. The Labute approximate surface area is 119 Å². The summed E-state index contributed by atoms with van der Waals surface area (Å²) in [4.78, 5) is 0. The van der Waals surface area contributed by atoms with Crippen LogP contribution in [0.4, 0.5) is 13.2 Å². The van der Waals surface area contributed by atoms with Crippen LogP contribution in [0.5, 0.6) is 5.75 Å². The molecule has 2 nitrogen and oxygen atoms in total. The highest BCUT2D eigenvalue weighted by Gasteiger charge is 2.28. The molecule has 6 heteroatoms. The van der Waals surface area contributed by atoms with E-state index < -0.39 is 12.6 Å². The standard InChI is InChI=1S/C13H17BrF3NO/c1-3-19-9-4-5-10(11(14)8-9)12(18-2)6-7-13(15,16)17/h4-5,8,12,18H,3,6-7H2,1-2H3. The molecule has 0 saturated carbocycles. The van der Waals surface area contributed by atoms with E-state index in [1.807, 2.05) is 6.92 Å². The predicted molar refractivity (Wildman–Crippen MR) is 72.4 cm³/mol. The molecule has 0 radical (unpaired) electrons. The average Bonchev–Trinajstić information content (AvgIpc) is 2.31. The van der Waals surface area contributed by atoms with Gasteiger partial charge in [-0.15, -0.1) is 0 Å². The van der Waals surface area contributed by atoms with Crippen LogP contribution >= 0.6 is 15.9 Å². The zero-order chi connectivity index (χ0) is 14.5. The molecule has 1 aromatic carbocycles. The third-order valence-corrected chi connectivity index (χ3v) is 3.41. The van der Waals surface area contributed by atoms with Gasteiger partial charge in [0.2, 0.25) is 0 Å². The van der Waals surface area contributed by atoms with Gasteiger partial charge in [0.1, 0.15) is 5.75 Å². The Balaban J connectivity index is 2.81. The van der Waals surface area contributed by atoms with Gasteiger partial charge in [-0.1, -0.05) is 22.0 Å². The SMILES string of the molecule is CCOc1ccc(C(CCC(F)(F)F)NC)c(Br)c1. The lowest BCUT2D eigenvalue weighted by Crippen LogP contribution is -2.20. The second-order valence-corrected chi connectivity index (χ2v) is 4.97. The monoisotopic (exact) mass is 339 g/mol. The first-order chi connectivity index (χ1) is 8.87. The fourth-order valence-electron chi connectivity index (χ4n) is 1.81. The smallest absolute Gasteiger partial charge is 0.389 e. The van der Waals surface area contributed by atoms with E-state index in [9.17, 15) is 13.2 Å². The van der Waals surface area contributed by atoms with E-state index in [0.29, 0.717) is 12.4 Å². The molecule has 0 saturated heterocycles. The van der Waals surface area contributed by atoms with Crippen LogP contribution in [0.2, 0.25) is 0 Å². The number of nitrogens with one attached hydrogen (secondary N) is 1. The van der Waals surface area contributed by atoms with E-state index in [1.165, 1.54) is 0 Å². The molecule has 1 aromatic rings. The summed E-state index contributed by atoms with van der Waals surface area (Å²) in [5, 5.41) is 2.91. The highest BCUT2D eigenvalue weighted by atomic mass is 79.9. The third kappa shape index (κ3) is 5.40. The van der Waals surface area contributed by atoms with Crippen molar-refractivity contribution in [3.05, 3.63) is 28.2 Å². The van der Waals surface area contributed by atoms with Crippen LogP contribution in [-0.2, 0) is 0 Å². The molecule has 0 aliphatic heterocycles. The summed E-state index contributed by atoms with van der Waals surface area (Å²) < 4.78 is 42.9. The summed E-state index contributed by atoms with van der Waals surface area (Å²) in [5.41, 5.74) is 0.801. The molecule has 0 spiro atoms. The van der Waals surface area contributed by atoms with Crippen LogP contribution in [0.15, 0.2) is 22.7 Å². The molecule has 108 valence electrons. The predicted octanol–water partition coefficient (Wildman–Crippen LogP) is 4.45. The van der Waals surface area contributed by atoms with E-state index in [-0.39, 0.29) is 12.5 Å². The second-order valence-electron chi connectivity index (χ2n) is 4.11. The van der Waals surface area contributed by atoms with Gasteiger partial charge in [-0.2, -0.15) is 13.2 Å². The van der Waals surface area contributed by atoms with Gasteiger partial charge in [-0.25, -0.2) is 0 Å². The fraction of sp³-hybridized carbons (Fsp3) is 0.538. The van der Waals surface area contributed by atoms with Crippen molar-refractivity contribution in [1.29, 1.82) is 0 Å². The van der Waals surface area contributed by atoms with Crippen LogP contribution in [0.3, 0.4) is 0 Å². The van der Waals surface area contributed by atoms with Crippen LogP contribution in [0.1, 0.15) is 31.4 Å². The molecule has 1 atom stereocenters. The molecule has 0 fully saturated rings. The van der Waals surface area contributed by atoms with Crippen molar-refractivity contribution in [2.24, 2.45) is 0 Å². The molecule has 0 aliphatic rings. The Morgan fingerprint density at radius 2 is 2.05 bits per heavy atom. The highest BCUT2D eigenvalue weighted by molar-refractivity contribution is 9.10. The van der Waals surface area contributed by atoms with Gasteiger partial charge in [0, 0.05) is 16.9 Å². The lowest BCUT2D eigenvalue weighted by atomic mass is 10.0. The van der Waals surface area contributed by atoms with Crippen LogP contribution < -0.4 is 10.1 Å². The highest BCUT2D eigenvalue weighted by Crippen LogP contribution is 2.32. The summed E-state index contributed by atoms with van der Waals surface area (Å²) in [6.45, 7) is 2.43. The first-order valence-electron chi connectivity index (χ1n) is 6.03. The summed E-state index contributed by atoms with van der Waals surface area (Å²) in [5.74, 6) is 0.698. The lowest BCUT2D eigenvalue weighted by molar-refractivity contribution is -0.136. The lowest BCUT2D eigenvalue weighted by Gasteiger charge is -2.19. The summed E-state index contributed by atoms with van der Waals surface area (Å²) in [6.07, 6.45) is -4.93. The van der Waals surface area contributed by atoms with Gasteiger partial charge in [0.05, 0.1) is 6.61 Å². The van der Waals surface area contributed by atoms with E-state index in [0.717, 1.165) is 10.0 Å². The van der Waals surface area contributed by atoms with Gasteiger partial charge >= 0.3 is 6.18 Å². The third-order valence-electron chi connectivity index (χ3n) is 2.72. The first-order valence-corrected chi connectivity index (χ1v) is 6.83. The summed E-state index contributed by atoms with van der Waals surface area (Å²) >= 11 is 3.38. The largest absolute Gasteiger partial charge is 0.494 e. The number of alkyl halides is 3. The van der Waals surface area contributed by atoms with Crippen molar-refractivity contribution >= 4 is 15.9 Å². The van der Waals surface area contributed by atoms with Crippen LogP contribution in [0, 0.1) is 0 Å². The topological polar surface area (TPSA) is 21.3 Å². The molecule has 0 heterocycles. The Bertz CT molecular complexity index is 409. The molecule has 19 heavy (non-hydrogen) atoms. The minimum Gasteiger partial charge on any atom is -0.494 e. The fourth-order valence-corrected chi connectivity index (χ4v) is 2.44. The molecule has 1 unspecified atom stereocenters.